The van der Waals surface area contributed by atoms with E-state index in [1.807, 2.05) is 0 Å². The van der Waals surface area contributed by atoms with E-state index in [1.165, 1.54) is 38.5 Å². The van der Waals surface area contributed by atoms with Crippen molar-refractivity contribution in [2.45, 2.75) is 69.9 Å². The zero-order valence-corrected chi connectivity index (χ0v) is 14.8. The summed E-state index contributed by atoms with van der Waals surface area (Å²) in [5.74, 6) is 0. The predicted octanol–water partition coefficient (Wildman–Crippen LogP) is 0.140. The lowest BCUT2D eigenvalue weighted by molar-refractivity contribution is -0.0462. The van der Waals surface area contributed by atoms with E-state index in [0.29, 0.717) is 31.0 Å². The van der Waals surface area contributed by atoms with Gasteiger partial charge >= 0.3 is 0 Å². The summed E-state index contributed by atoms with van der Waals surface area (Å²) >= 11 is 0. The molecule has 0 radical (unpaired) electrons. The first-order chi connectivity index (χ1) is 11.3. The first-order valence-electron chi connectivity index (χ1n) is 9.54. The standard InChI is InChI=1S/C17H37N5O/c1-14-4-2-7-17(22-14)21-11-10-20-13-16-6-3-5-15(23-16)12-19-9-8-18/h14-17,19-22H,2-13,18H2,1H3. The third kappa shape index (κ3) is 7.92. The molecule has 6 nitrogen and oxygen atoms in total. The van der Waals surface area contributed by atoms with Gasteiger partial charge in [0, 0.05) is 45.3 Å². The van der Waals surface area contributed by atoms with Crippen molar-refractivity contribution in [1.82, 2.24) is 21.3 Å². The number of nitrogens with one attached hydrogen (secondary N) is 4. The van der Waals surface area contributed by atoms with Crippen molar-refractivity contribution in [2.75, 3.05) is 39.3 Å². The molecule has 0 amide bonds. The maximum atomic E-state index is 6.15. The van der Waals surface area contributed by atoms with E-state index < -0.39 is 0 Å². The Balaban J connectivity index is 1.48. The molecule has 2 aliphatic heterocycles. The molecule has 2 heterocycles. The molecule has 4 unspecified atom stereocenters. The number of nitrogens with two attached hydrogens (primary N) is 1. The summed E-state index contributed by atoms with van der Waals surface area (Å²) in [6, 6.07) is 0.648. The van der Waals surface area contributed by atoms with Crippen LogP contribution in [0.1, 0.15) is 45.4 Å². The van der Waals surface area contributed by atoms with Gasteiger partial charge in [-0.2, -0.15) is 0 Å². The van der Waals surface area contributed by atoms with Crippen LogP contribution in [0.15, 0.2) is 0 Å². The van der Waals surface area contributed by atoms with Crippen LogP contribution in [0.2, 0.25) is 0 Å². The van der Waals surface area contributed by atoms with Gasteiger partial charge in [-0.3, -0.25) is 5.32 Å². The Morgan fingerprint density at radius 1 is 0.957 bits per heavy atom. The Kier molecular flexibility index (Phi) is 9.41. The number of rotatable bonds is 10. The molecular formula is C17H37N5O. The molecule has 4 atom stereocenters. The quantitative estimate of drug-likeness (QED) is 0.367. The molecule has 0 saturated carbocycles. The number of ether oxygens (including phenoxy) is 1. The predicted molar refractivity (Wildman–Crippen MR) is 95.5 cm³/mol. The highest BCUT2D eigenvalue weighted by molar-refractivity contribution is 4.77. The van der Waals surface area contributed by atoms with Gasteiger partial charge in [0.05, 0.1) is 18.4 Å². The van der Waals surface area contributed by atoms with Crippen LogP contribution < -0.4 is 27.0 Å². The Hall–Kier alpha value is -0.240. The number of hydrogen-bond acceptors (Lipinski definition) is 6. The lowest BCUT2D eigenvalue weighted by atomic mass is 10.0. The smallest absolute Gasteiger partial charge is 0.0703 e. The van der Waals surface area contributed by atoms with Gasteiger partial charge in [-0.05, 0) is 45.4 Å². The van der Waals surface area contributed by atoms with E-state index in [1.54, 1.807) is 0 Å². The van der Waals surface area contributed by atoms with Crippen LogP contribution in [0.25, 0.3) is 0 Å². The van der Waals surface area contributed by atoms with Crippen molar-refractivity contribution in [1.29, 1.82) is 0 Å². The molecule has 2 fully saturated rings. The van der Waals surface area contributed by atoms with Crippen LogP contribution in [0.4, 0.5) is 0 Å². The molecule has 0 aromatic heterocycles. The van der Waals surface area contributed by atoms with Crippen LogP contribution in [0, 0.1) is 0 Å². The van der Waals surface area contributed by atoms with Crippen LogP contribution in [-0.4, -0.2) is 63.7 Å². The van der Waals surface area contributed by atoms with Crippen LogP contribution in [-0.2, 0) is 4.74 Å². The topological polar surface area (TPSA) is 83.4 Å². The third-order valence-corrected chi connectivity index (χ3v) is 4.81. The average Bonchev–Trinajstić information content (AvgIpc) is 2.55. The summed E-state index contributed by atoms with van der Waals surface area (Å²) in [5.41, 5.74) is 5.50. The Labute approximate surface area is 141 Å². The molecule has 23 heavy (non-hydrogen) atoms. The van der Waals surface area contributed by atoms with Crippen molar-refractivity contribution in [3.05, 3.63) is 0 Å². The minimum atomic E-state index is 0.355. The highest BCUT2D eigenvalue weighted by Crippen LogP contribution is 2.18. The van der Waals surface area contributed by atoms with Crippen LogP contribution >= 0.6 is 0 Å². The molecule has 0 bridgehead atoms. The monoisotopic (exact) mass is 327 g/mol. The second-order valence-corrected chi connectivity index (χ2v) is 7.01. The van der Waals surface area contributed by atoms with E-state index in [4.69, 9.17) is 10.5 Å². The highest BCUT2D eigenvalue weighted by atomic mass is 16.5. The van der Waals surface area contributed by atoms with E-state index >= 15 is 0 Å². The molecular weight excluding hydrogens is 290 g/mol. The van der Waals surface area contributed by atoms with Gasteiger partial charge < -0.3 is 26.4 Å². The summed E-state index contributed by atoms with van der Waals surface area (Å²) < 4.78 is 6.15. The van der Waals surface area contributed by atoms with E-state index in [-0.39, 0.29) is 0 Å². The van der Waals surface area contributed by atoms with Gasteiger partial charge in [0.2, 0.25) is 0 Å². The second-order valence-electron chi connectivity index (χ2n) is 7.01. The Morgan fingerprint density at radius 3 is 2.35 bits per heavy atom. The zero-order chi connectivity index (χ0) is 16.3. The van der Waals surface area contributed by atoms with Crippen molar-refractivity contribution >= 4 is 0 Å². The zero-order valence-electron chi connectivity index (χ0n) is 14.8. The molecule has 2 rings (SSSR count). The van der Waals surface area contributed by atoms with Crippen LogP contribution in [0.5, 0.6) is 0 Å². The van der Waals surface area contributed by atoms with Crippen molar-refractivity contribution in [3.8, 4) is 0 Å². The summed E-state index contributed by atoms with van der Waals surface area (Å²) in [6.45, 7) is 7.75. The van der Waals surface area contributed by atoms with Gasteiger partial charge in [-0.1, -0.05) is 0 Å². The summed E-state index contributed by atoms with van der Waals surface area (Å²) in [4.78, 5) is 0. The van der Waals surface area contributed by atoms with Gasteiger partial charge in [-0.25, -0.2) is 0 Å². The Morgan fingerprint density at radius 2 is 1.65 bits per heavy atom. The van der Waals surface area contributed by atoms with Crippen molar-refractivity contribution < 1.29 is 4.74 Å². The minimum absolute atomic E-state index is 0.355. The second kappa shape index (κ2) is 11.3. The van der Waals surface area contributed by atoms with Gasteiger partial charge in [0.25, 0.3) is 0 Å². The SMILES string of the molecule is CC1CCCC(NCCNCC2CCCC(CNCCN)O2)N1. The highest BCUT2D eigenvalue weighted by Gasteiger charge is 2.21. The molecule has 2 saturated heterocycles. The van der Waals surface area contributed by atoms with Crippen molar-refractivity contribution in [2.24, 2.45) is 5.73 Å². The van der Waals surface area contributed by atoms with Gasteiger partial charge in [0.1, 0.15) is 0 Å². The van der Waals surface area contributed by atoms with E-state index in [2.05, 4.69) is 28.2 Å². The lowest BCUT2D eigenvalue weighted by Crippen LogP contribution is -2.51. The molecule has 0 aromatic carbocycles. The fourth-order valence-corrected chi connectivity index (χ4v) is 3.54. The molecule has 2 aliphatic rings. The third-order valence-electron chi connectivity index (χ3n) is 4.81. The van der Waals surface area contributed by atoms with E-state index in [9.17, 15) is 0 Å². The fourth-order valence-electron chi connectivity index (χ4n) is 3.54. The first-order valence-corrected chi connectivity index (χ1v) is 9.54. The molecule has 6 N–H and O–H groups in total. The number of hydrogen-bond donors (Lipinski definition) is 5. The van der Waals surface area contributed by atoms with Gasteiger partial charge in [0.15, 0.2) is 0 Å². The molecule has 0 spiro atoms. The minimum Gasteiger partial charge on any atom is -0.372 e. The maximum absolute atomic E-state index is 6.15. The van der Waals surface area contributed by atoms with Crippen LogP contribution in [0.3, 0.4) is 0 Å². The molecule has 6 heteroatoms. The largest absolute Gasteiger partial charge is 0.372 e. The summed E-state index contributed by atoms with van der Waals surface area (Å²) in [5, 5.41) is 14.1. The van der Waals surface area contributed by atoms with E-state index in [0.717, 1.165) is 32.7 Å². The van der Waals surface area contributed by atoms with Gasteiger partial charge in [-0.15, -0.1) is 0 Å². The molecule has 136 valence electrons. The maximum Gasteiger partial charge on any atom is 0.0703 e. The fraction of sp³-hybridized carbons (Fsp3) is 1.00. The normalized spacial score (nSPS) is 32.1. The summed E-state index contributed by atoms with van der Waals surface area (Å²) in [7, 11) is 0. The molecule has 0 aromatic rings. The first kappa shape index (κ1) is 19.1. The Bertz CT molecular complexity index is 305. The lowest BCUT2D eigenvalue weighted by Gasteiger charge is -2.31. The summed E-state index contributed by atoms with van der Waals surface area (Å²) in [6.07, 6.45) is 8.69. The molecule has 0 aliphatic carbocycles. The average molecular weight is 328 g/mol. The number of piperidine rings is 1. The van der Waals surface area contributed by atoms with Crippen molar-refractivity contribution in [3.63, 3.8) is 0 Å².